The zero-order chi connectivity index (χ0) is 16.9. The summed E-state index contributed by atoms with van der Waals surface area (Å²) >= 11 is 0. The van der Waals surface area contributed by atoms with Gasteiger partial charge in [0.2, 0.25) is 0 Å². The molecule has 2 unspecified atom stereocenters. The van der Waals surface area contributed by atoms with Crippen molar-refractivity contribution < 1.29 is 19.0 Å². The Hall–Kier alpha value is -2.41. The largest absolute Gasteiger partial charge is 0.497 e. The second kappa shape index (κ2) is 5.04. The SMILES string of the molecule is COc1ccc(C(=O)[C@H]2C(C#N)(C#N)C23CC[C@H]2COC3O2)cc1. The molecule has 2 bridgehead atoms. The molecular formula is C18H16N2O4. The second-order valence-electron chi connectivity index (χ2n) is 6.56. The van der Waals surface area contributed by atoms with Crippen molar-refractivity contribution in [1.82, 2.24) is 0 Å². The van der Waals surface area contributed by atoms with Gasteiger partial charge in [0.1, 0.15) is 5.75 Å². The van der Waals surface area contributed by atoms with Crippen molar-refractivity contribution >= 4 is 5.78 Å². The summed E-state index contributed by atoms with van der Waals surface area (Å²) in [6.07, 6.45) is 0.653. The standard InChI is InChI=1S/C18H16N2O4/c1-22-12-4-2-11(3-5-12)14(21)15-17(9-19,10-20)18(15)7-6-13-8-23-16(18)24-13/h2-5,13,15-16H,6-8H2,1H3/t13-,15-,16?,18?/m0/s1. The average molecular weight is 324 g/mol. The highest BCUT2D eigenvalue weighted by molar-refractivity contribution is 6.02. The minimum Gasteiger partial charge on any atom is -0.497 e. The van der Waals surface area contributed by atoms with E-state index in [2.05, 4.69) is 12.1 Å². The van der Waals surface area contributed by atoms with Crippen LogP contribution in [-0.2, 0) is 9.47 Å². The van der Waals surface area contributed by atoms with Gasteiger partial charge in [0.05, 0.1) is 43.3 Å². The normalized spacial score (nSPS) is 35.0. The van der Waals surface area contributed by atoms with Crippen molar-refractivity contribution in [3.63, 3.8) is 0 Å². The van der Waals surface area contributed by atoms with E-state index in [0.29, 0.717) is 30.8 Å². The second-order valence-corrected chi connectivity index (χ2v) is 6.56. The summed E-state index contributed by atoms with van der Waals surface area (Å²) < 4.78 is 16.6. The number of ether oxygens (including phenoxy) is 3. The molecule has 1 aliphatic carbocycles. The van der Waals surface area contributed by atoms with Crippen LogP contribution in [-0.4, -0.2) is 31.9 Å². The van der Waals surface area contributed by atoms with E-state index < -0.39 is 23.0 Å². The van der Waals surface area contributed by atoms with E-state index in [4.69, 9.17) is 14.2 Å². The van der Waals surface area contributed by atoms with Crippen LogP contribution in [0.4, 0.5) is 0 Å². The number of hydrogen-bond donors (Lipinski definition) is 0. The van der Waals surface area contributed by atoms with Gasteiger partial charge >= 0.3 is 0 Å². The van der Waals surface area contributed by atoms with Crippen molar-refractivity contribution in [2.75, 3.05) is 13.7 Å². The molecule has 4 atom stereocenters. The van der Waals surface area contributed by atoms with Gasteiger partial charge in [-0.3, -0.25) is 4.79 Å². The number of Topliss-reactive ketones (excluding diaryl/α,β-unsaturated/α-hetero) is 1. The van der Waals surface area contributed by atoms with Gasteiger partial charge in [0.25, 0.3) is 0 Å². The van der Waals surface area contributed by atoms with Gasteiger partial charge in [-0.2, -0.15) is 10.5 Å². The minimum absolute atomic E-state index is 0.00745. The maximum absolute atomic E-state index is 13.0. The Morgan fingerprint density at radius 2 is 2.00 bits per heavy atom. The number of carbonyl (C=O) groups is 1. The van der Waals surface area contributed by atoms with Crippen molar-refractivity contribution in [2.45, 2.75) is 25.2 Å². The molecule has 24 heavy (non-hydrogen) atoms. The molecule has 2 heterocycles. The molecule has 0 radical (unpaired) electrons. The Morgan fingerprint density at radius 1 is 1.29 bits per heavy atom. The highest BCUT2D eigenvalue weighted by atomic mass is 16.7. The Morgan fingerprint density at radius 3 is 2.62 bits per heavy atom. The Kier molecular flexibility index (Phi) is 3.18. The first-order chi connectivity index (χ1) is 11.6. The minimum atomic E-state index is -1.38. The Labute approximate surface area is 139 Å². The van der Waals surface area contributed by atoms with E-state index in [9.17, 15) is 15.3 Å². The van der Waals surface area contributed by atoms with E-state index >= 15 is 0 Å². The number of fused-ring (bicyclic) bond motifs is 3. The summed E-state index contributed by atoms with van der Waals surface area (Å²) in [5.41, 5.74) is -1.78. The fraction of sp³-hybridized carbons (Fsp3) is 0.500. The van der Waals surface area contributed by atoms with Gasteiger partial charge in [-0.1, -0.05) is 0 Å². The summed E-state index contributed by atoms with van der Waals surface area (Å²) in [5.74, 6) is -0.289. The molecule has 1 spiro atoms. The van der Waals surface area contributed by atoms with Gasteiger partial charge in [0.15, 0.2) is 17.5 Å². The van der Waals surface area contributed by atoms with Gasteiger partial charge in [-0.05, 0) is 37.1 Å². The van der Waals surface area contributed by atoms with E-state index in [1.54, 1.807) is 31.4 Å². The fourth-order valence-electron chi connectivity index (χ4n) is 4.32. The third-order valence-electron chi connectivity index (χ3n) is 5.64. The maximum atomic E-state index is 13.0. The number of hydrogen-bond acceptors (Lipinski definition) is 6. The summed E-state index contributed by atoms with van der Waals surface area (Å²) in [5, 5.41) is 19.4. The third kappa shape index (κ3) is 1.67. The Bertz CT molecular complexity index is 762. The first-order valence-corrected chi connectivity index (χ1v) is 7.91. The van der Waals surface area contributed by atoms with Crippen molar-refractivity contribution in [2.24, 2.45) is 16.7 Å². The molecule has 3 aliphatic rings. The number of nitrogens with zero attached hydrogens (tertiary/aromatic N) is 2. The molecule has 0 N–H and O–H groups in total. The number of benzene rings is 1. The highest BCUT2D eigenvalue weighted by Gasteiger charge is 2.86. The zero-order valence-electron chi connectivity index (χ0n) is 13.2. The summed E-state index contributed by atoms with van der Waals surface area (Å²) in [4.78, 5) is 13.0. The zero-order valence-corrected chi connectivity index (χ0v) is 13.2. The molecular weight excluding hydrogens is 308 g/mol. The van der Waals surface area contributed by atoms with Crippen LogP contribution in [0.5, 0.6) is 5.75 Å². The number of rotatable bonds is 3. The number of ketones is 1. The van der Waals surface area contributed by atoms with Gasteiger partial charge in [-0.25, -0.2) is 0 Å². The van der Waals surface area contributed by atoms with Crippen LogP contribution >= 0.6 is 0 Å². The molecule has 6 nitrogen and oxygen atoms in total. The summed E-state index contributed by atoms with van der Waals surface area (Å²) in [7, 11) is 1.55. The molecule has 1 aromatic carbocycles. The van der Waals surface area contributed by atoms with E-state index in [-0.39, 0.29) is 11.9 Å². The van der Waals surface area contributed by atoms with Gasteiger partial charge in [-0.15, -0.1) is 0 Å². The summed E-state index contributed by atoms with van der Waals surface area (Å²) in [6.45, 7) is 0.461. The number of methoxy groups -OCH3 is 1. The molecule has 122 valence electrons. The van der Waals surface area contributed by atoms with E-state index in [0.717, 1.165) is 0 Å². The van der Waals surface area contributed by atoms with Crippen molar-refractivity contribution in [3.8, 4) is 17.9 Å². The lowest BCUT2D eigenvalue weighted by Crippen LogP contribution is -2.35. The highest BCUT2D eigenvalue weighted by Crippen LogP contribution is 2.76. The first-order valence-electron chi connectivity index (χ1n) is 7.91. The Balaban J connectivity index is 1.72. The maximum Gasteiger partial charge on any atom is 0.169 e. The molecule has 2 saturated heterocycles. The van der Waals surface area contributed by atoms with Gasteiger partial charge < -0.3 is 14.2 Å². The van der Waals surface area contributed by atoms with Crippen LogP contribution in [0.25, 0.3) is 0 Å². The van der Waals surface area contributed by atoms with Crippen LogP contribution in [0.15, 0.2) is 24.3 Å². The number of nitriles is 2. The lowest BCUT2D eigenvalue weighted by molar-refractivity contribution is -0.140. The average Bonchev–Trinajstić information content (AvgIpc) is 3.00. The predicted molar refractivity (Wildman–Crippen MR) is 80.8 cm³/mol. The molecule has 3 fully saturated rings. The van der Waals surface area contributed by atoms with Crippen LogP contribution in [0.3, 0.4) is 0 Å². The van der Waals surface area contributed by atoms with E-state index in [1.807, 2.05) is 0 Å². The predicted octanol–water partition coefficient (Wildman–Crippen LogP) is 2.06. The first kappa shape index (κ1) is 15.1. The molecule has 0 aromatic heterocycles. The van der Waals surface area contributed by atoms with Crippen molar-refractivity contribution in [3.05, 3.63) is 29.8 Å². The topological polar surface area (TPSA) is 92.3 Å². The quantitative estimate of drug-likeness (QED) is 0.790. The molecule has 1 aromatic rings. The van der Waals surface area contributed by atoms with Crippen LogP contribution in [0.2, 0.25) is 0 Å². The molecule has 6 heteroatoms. The van der Waals surface area contributed by atoms with E-state index in [1.165, 1.54) is 0 Å². The monoisotopic (exact) mass is 324 g/mol. The molecule has 2 aliphatic heterocycles. The molecule has 0 amide bonds. The molecule has 4 rings (SSSR count). The van der Waals surface area contributed by atoms with Crippen molar-refractivity contribution in [1.29, 1.82) is 10.5 Å². The summed E-state index contributed by atoms with van der Waals surface area (Å²) in [6, 6.07) is 10.9. The van der Waals surface area contributed by atoms with Crippen LogP contribution < -0.4 is 4.74 Å². The smallest absolute Gasteiger partial charge is 0.169 e. The van der Waals surface area contributed by atoms with Gasteiger partial charge in [0, 0.05) is 5.56 Å². The third-order valence-corrected chi connectivity index (χ3v) is 5.64. The van der Waals surface area contributed by atoms with Crippen LogP contribution in [0, 0.1) is 39.4 Å². The number of carbonyl (C=O) groups excluding carboxylic acids is 1. The van der Waals surface area contributed by atoms with Crippen LogP contribution in [0.1, 0.15) is 23.2 Å². The molecule has 1 saturated carbocycles. The lowest BCUT2D eigenvalue weighted by atomic mass is 9.86. The fourth-order valence-corrected chi connectivity index (χ4v) is 4.32. The lowest BCUT2D eigenvalue weighted by Gasteiger charge is -2.29.